The number of hydrogen-bond donors (Lipinski definition) is 2. The highest BCUT2D eigenvalue weighted by Crippen LogP contribution is 2.21. The number of nitrogens with one attached hydrogen (secondary N) is 1. The highest BCUT2D eigenvalue weighted by molar-refractivity contribution is 5.90. The van der Waals surface area contributed by atoms with Crippen LogP contribution >= 0.6 is 0 Å². The fraction of sp³-hybridized carbons (Fsp3) is 0.357. The molecule has 1 fully saturated rings. The third-order valence-electron chi connectivity index (χ3n) is 3.71. The Morgan fingerprint density at radius 1 is 1.40 bits per heavy atom. The Balaban J connectivity index is 2.28. The molecular formula is C14H16N4O2. The van der Waals surface area contributed by atoms with Gasteiger partial charge in [-0.2, -0.15) is 0 Å². The highest BCUT2D eigenvalue weighted by atomic mass is 16.2. The number of benzene rings is 1. The van der Waals surface area contributed by atoms with Crippen molar-refractivity contribution in [2.75, 3.05) is 12.3 Å². The Hall–Kier alpha value is -2.37. The molecule has 1 aromatic carbocycles. The lowest BCUT2D eigenvalue weighted by molar-refractivity contribution is -0.126. The number of anilines is 1. The Morgan fingerprint density at radius 3 is 2.95 bits per heavy atom. The number of carbonyl (C=O) groups excluding carboxylic acids is 1. The molecule has 1 aliphatic rings. The number of nitrogens with two attached hydrogens (primary N) is 1. The molecule has 1 amide bonds. The van der Waals surface area contributed by atoms with E-state index in [1.807, 2.05) is 0 Å². The molecule has 20 heavy (non-hydrogen) atoms. The van der Waals surface area contributed by atoms with Crippen molar-refractivity contribution in [3.8, 4) is 0 Å². The standard InChI is InChI=1S/C14H16N4O2/c1-8-17-10-5-2-4-9(15)12(10)14(20)18(8)11-6-3-7-16-13(11)19/h2,4-5,11H,3,6-7,15H2,1H3,(H,16,19). The van der Waals surface area contributed by atoms with Gasteiger partial charge in [0.1, 0.15) is 11.9 Å². The number of fused-ring (bicyclic) bond motifs is 1. The lowest BCUT2D eigenvalue weighted by atomic mass is 10.1. The van der Waals surface area contributed by atoms with Crippen molar-refractivity contribution in [1.29, 1.82) is 0 Å². The van der Waals surface area contributed by atoms with Crippen LogP contribution in [0, 0.1) is 6.92 Å². The number of rotatable bonds is 1. The number of nitrogen functional groups attached to an aromatic ring is 1. The van der Waals surface area contributed by atoms with Crippen LogP contribution in [-0.2, 0) is 4.79 Å². The first-order chi connectivity index (χ1) is 9.59. The minimum absolute atomic E-state index is 0.128. The van der Waals surface area contributed by atoms with Gasteiger partial charge >= 0.3 is 0 Å². The normalized spacial score (nSPS) is 19.1. The van der Waals surface area contributed by atoms with Crippen LogP contribution < -0.4 is 16.6 Å². The second kappa shape index (κ2) is 4.63. The minimum Gasteiger partial charge on any atom is -0.398 e. The van der Waals surface area contributed by atoms with Crippen molar-refractivity contribution in [2.45, 2.75) is 25.8 Å². The molecule has 0 bridgehead atoms. The molecule has 1 saturated heterocycles. The van der Waals surface area contributed by atoms with E-state index < -0.39 is 6.04 Å². The molecule has 1 aliphatic heterocycles. The van der Waals surface area contributed by atoms with Crippen LogP contribution in [0.4, 0.5) is 5.69 Å². The van der Waals surface area contributed by atoms with E-state index in [4.69, 9.17) is 5.73 Å². The molecule has 104 valence electrons. The van der Waals surface area contributed by atoms with Gasteiger partial charge in [0.05, 0.1) is 10.9 Å². The minimum atomic E-state index is -0.493. The van der Waals surface area contributed by atoms with Crippen molar-refractivity contribution in [3.63, 3.8) is 0 Å². The van der Waals surface area contributed by atoms with Gasteiger partial charge in [0.15, 0.2) is 0 Å². The number of hydrogen-bond acceptors (Lipinski definition) is 4. The molecule has 0 spiro atoms. The van der Waals surface area contributed by atoms with E-state index in [9.17, 15) is 9.59 Å². The smallest absolute Gasteiger partial charge is 0.264 e. The molecule has 6 nitrogen and oxygen atoms in total. The monoisotopic (exact) mass is 272 g/mol. The van der Waals surface area contributed by atoms with Crippen LogP contribution in [0.2, 0.25) is 0 Å². The fourth-order valence-electron chi connectivity index (χ4n) is 2.75. The average Bonchev–Trinajstić information content (AvgIpc) is 2.40. The zero-order chi connectivity index (χ0) is 14.3. The summed E-state index contributed by atoms with van der Waals surface area (Å²) in [6.07, 6.45) is 1.50. The average molecular weight is 272 g/mol. The maximum Gasteiger partial charge on any atom is 0.264 e. The lowest BCUT2D eigenvalue weighted by Gasteiger charge is -2.25. The summed E-state index contributed by atoms with van der Waals surface area (Å²) in [7, 11) is 0. The third-order valence-corrected chi connectivity index (χ3v) is 3.71. The Bertz CT molecular complexity index is 751. The third kappa shape index (κ3) is 1.84. The number of piperidine rings is 1. The number of aromatic nitrogens is 2. The summed E-state index contributed by atoms with van der Waals surface area (Å²) in [5, 5.41) is 3.18. The van der Waals surface area contributed by atoms with E-state index in [0.717, 1.165) is 6.42 Å². The van der Waals surface area contributed by atoms with Crippen LogP contribution in [-0.4, -0.2) is 22.0 Å². The molecule has 0 aliphatic carbocycles. The van der Waals surface area contributed by atoms with Crippen LogP contribution in [0.3, 0.4) is 0 Å². The topological polar surface area (TPSA) is 90.0 Å². The van der Waals surface area contributed by atoms with E-state index in [1.54, 1.807) is 25.1 Å². The summed E-state index contributed by atoms with van der Waals surface area (Å²) in [4.78, 5) is 29.1. The van der Waals surface area contributed by atoms with E-state index in [0.29, 0.717) is 35.4 Å². The van der Waals surface area contributed by atoms with Gasteiger partial charge in [0.25, 0.3) is 5.56 Å². The number of amides is 1. The van der Waals surface area contributed by atoms with Gasteiger partial charge < -0.3 is 11.1 Å². The highest BCUT2D eigenvalue weighted by Gasteiger charge is 2.27. The summed E-state index contributed by atoms with van der Waals surface area (Å²) in [5.74, 6) is 0.409. The molecule has 6 heteroatoms. The van der Waals surface area contributed by atoms with E-state index >= 15 is 0 Å². The predicted octanol–water partition coefficient (Wildman–Crippen LogP) is 0.738. The van der Waals surface area contributed by atoms with Crippen molar-refractivity contribution in [3.05, 3.63) is 34.4 Å². The van der Waals surface area contributed by atoms with Gasteiger partial charge in [-0.25, -0.2) is 4.98 Å². The fourth-order valence-corrected chi connectivity index (χ4v) is 2.75. The molecule has 1 atom stereocenters. The van der Waals surface area contributed by atoms with Crippen LogP contribution in [0.15, 0.2) is 23.0 Å². The Labute approximate surface area is 115 Å². The zero-order valence-corrected chi connectivity index (χ0v) is 11.2. The molecule has 3 N–H and O–H groups in total. The molecule has 0 radical (unpaired) electrons. The van der Waals surface area contributed by atoms with Crippen LogP contribution in [0.5, 0.6) is 0 Å². The van der Waals surface area contributed by atoms with Crippen molar-refractivity contribution < 1.29 is 4.79 Å². The second-order valence-electron chi connectivity index (χ2n) is 5.02. The molecule has 3 rings (SSSR count). The molecule has 1 aromatic heterocycles. The number of nitrogens with zero attached hydrogens (tertiary/aromatic N) is 2. The predicted molar refractivity (Wildman–Crippen MR) is 76.4 cm³/mol. The van der Waals surface area contributed by atoms with Gasteiger partial charge in [0.2, 0.25) is 5.91 Å². The summed E-state index contributed by atoms with van der Waals surface area (Å²) in [6.45, 7) is 2.40. The Morgan fingerprint density at radius 2 is 2.20 bits per heavy atom. The van der Waals surface area contributed by atoms with Gasteiger partial charge in [-0.3, -0.25) is 14.2 Å². The summed E-state index contributed by atoms with van der Waals surface area (Å²) >= 11 is 0. The zero-order valence-electron chi connectivity index (χ0n) is 11.2. The second-order valence-corrected chi connectivity index (χ2v) is 5.02. The SMILES string of the molecule is Cc1nc2cccc(N)c2c(=O)n1C1CCCNC1=O. The van der Waals surface area contributed by atoms with Gasteiger partial charge in [-0.15, -0.1) is 0 Å². The van der Waals surface area contributed by atoms with Gasteiger partial charge in [-0.1, -0.05) is 6.07 Å². The summed E-state index contributed by atoms with van der Waals surface area (Å²) in [6, 6.07) is 4.70. The maximum absolute atomic E-state index is 12.7. The van der Waals surface area contributed by atoms with Crippen molar-refractivity contribution in [2.24, 2.45) is 0 Å². The van der Waals surface area contributed by atoms with E-state index in [2.05, 4.69) is 10.3 Å². The van der Waals surface area contributed by atoms with E-state index in [1.165, 1.54) is 4.57 Å². The van der Waals surface area contributed by atoms with Gasteiger partial charge in [-0.05, 0) is 31.9 Å². The first-order valence-electron chi connectivity index (χ1n) is 6.64. The largest absolute Gasteiger partial charge is 0.398 e. The summed E-state index contributed by atoms with van der Waals surface area (Å²) < 4.78 is 1.47. The van der Waals surface area contributed by atoms with Gasteiger partial charge in [0, 0.05) is 12.2 Å². The molecular weight excluding hydrogens is 256 g/mol. The number of carbonyl (C=O) groups is 1. The van der Waals surface area contributed by atoms with Crippen molar-refractivity contribution >= 4 is 22.5 Å². The summed E-state index contributed by atoms with van der Waals surface area (Å²) in [5.41, 5.74) is 6.61. The Kier molecular flexibility index (Phi) is 2.93. The van der Waals surface area contributed by atoms with Crippen LogP contribution in [0.25, 0.3) is 10.9 Å². The molecule has 0 saturated carbocycles. The lowest BCUT2D eigenvalue weighted by Crippen LogP contribution is -2.42. The molecule has 1 unspecified atom stereocenters. The molecule has 2 heterocycles. The first kappa shape index (κ1) is 12.7. The quantitative estimate of drug-likeness (QED) is 0.749. The number of aryl methyl sites for hydroxylation is 1. The van der Waals surface area contributed by atoms with Crippen molar-refractivity contribution in [1.82, 2.24) is 14.9 Å². The van der Waals surface area contributed by atoms with E-state index in [-0.39, 0.29) is 11.5 Å². The first-order valence-corrected chi connectivity index (χ1v) is 6.64. The van der Waals surface area contributed by atoms with Crippen LogP contribution in [0.1, 0.15) is 24.7 Å². The maximum atomic E-state index is 12.7. The molecule has 2 aromatic rings.